The summed E-state index contributed by atoms with van der Waals surface area (Å²) in [5.74, 6) is 1.71. The van der Waals surface area contributed by atoms with Crippen LogP contribution < -0.4 is 0 Å². The first-order chi connectivity index (χ1) is 12.6. The van der Waals surface area contributed by atoms with E-state index < -0.39 is 0 Å². The topological polar surface area (TPSA) is 43.9 Å². The van der Waals surface area contributed by atoms with Crippen LogP contribution in [0.1, 0.15) is 51.9 Å². The third-order valence-electron chi connectivity index (χ3n) is 6.96. The summed E-state index contributed by atoms with van der Waals surface area (Å²) in [6.45, 7) is 9.79. The van der Waals surface area contributed by atoms with Gasteiger partial charge in [-0.2, -0.15) is 0 Å². The van der Waals surface area contributed by atoms with Crippen molar-refractivity contribution in [1.82, 2.24) is 14.7 Å². The second-order valence-electron chi connectivity index (χ2n) is 8.73. The maximum atomic E-state index is 12.8. The Labute approximate surface area is 190 Å². The number of rotatable bonds is 6. The van der Waals surface area contributed by atoms with Crippen LogP contribution in [-0.4, -0.2) is 79.3 Å². The predicted molar refractivity (Wildman–Crippen MR) is 104 cm³/mol. The number of piperazine rings is 1. The molecule has 2 heterocycles. The van der Waals surface area contributed by atoms with Crippen molar-refractivity contribution in [2.75, 3.05) is 52.9 Å². The Morgan fingerprint density at radius 2 is 1.52 bits per heavy atom. The van der Waals surface area contributed by atoms with E-state index in [9.17, 15) is 9.59 Å². The summed E-state index contributed by atoms with van der Waals surface area (Å²) in [5, 5.41) is 0. The van der Waals surface area contributed by atoms with Gasteiger partial charge in [-0.25, -0.2) is 0 Å². The Morgan fingerprint density at radius 3 is 2.15 bits per heavy atom. The number of amides is 1. The van der Waals surface area contributed by atoms with Crippen LogP contribution in [0.3, 0.4) is 0 Å². The van der Waals surface area contributed by atoms with E-state index in [1.165, 1.54) is 39.1 Å². The average Bonchev–Trinajstić information content (AvgIpc) is 3.17. The van der Waals surface area contributed by atoms with Crippen molar-refractivity contribution >= 4 is 11.7 Å². The quantitative estimate of drug-likeness (QED) is 0.620. The molecule has 1 amide bonds. The molecule has 5 nitrogen and oxygen atoms in total. The molecule has 0 aromatic rings. The molecule has 2 aliphatic heterocycles. The van der Waals surface area contributed by atoms with Gasteiger partial charge in [0.15, 0.2) is 0 Å². The Kier molecular flexibility index (Phi) is 9.88. The summed E-state index contributed by atoms with van der Waals surface area (Å²) in [5.41, 5.74) is 0. The fraction of sp³-hybridized carbons (Fsp3) is 0.905. The number of ketones is 1. The van der Waals surface area contributed by atoms with E-state index >= 15 is 0 Å². The van der Waals surface area contributed by atoms with E-state index in [4.69, 9.17) is 0 Å². The van der Waals surface area contributed by atoms with E-state index in [2.05, 4.69) is 21.7 Å². The number of carbonyl (C=O) groups excluding carboxylic acids is 2. The molecular formula is C21H37N3O2Y. The van der Waals surface area contributed by atoms with Crippen LogP contribution in [0, 0.1) is 17.8 Å². The Bertz CT molecular complexity index is 486. The number of Topliss-reactive ketones (excluding diaryl/α,β-unsaturated/α-hetero) is 1. The molecule has 27 heavy (non-hydrogen) atoms. The summed E-state index contributed by atoms with van der Waals surface area (Å²) >= 11 is 0. The molecular weight excluding hydrogens is 415 g/mol. The molecule has 1 aliphatic carbocycles. The Morgan fingerprint density at radius 1 is 0.889 bits per heavy atom. The van der Waals surface area contributed by atoms with E-state index in [-0.39, 0.29) is 44.5 Å². The van der Waals surface area contributed by atoms with Crippen LogP contribution in [0.15, 0.2) is 0 Å². The van der Waals surface area contributed by atoms with Gasteiger partial charge in [-0.1, -0.05) is 6.92 Å². The van der Waals surface area contributed by atoms with Gasteiger partial charge < -0.3 is 14.7 Å². The van der Waals surface area contributed by atoms with Gasteiger partial charge in [-0.15, -0.1) is 0 Å². The minimum Gasteiger partial charge on any atom is -0.342 e. The van der Waals surface area contributed by atoms with Crippen LogP contribution in [0.4, 0.5) is 0 Å². The van der Waals surface area contributed by atoms with E-state index in [1.54, 1.807) is 0 Å². The average molecular weight is 452 g/mol. The van der Waals surface area contributed by atoms with Crippen molar-refractivity contribution in [1.29, 1.82) is 0 Å². The monoisotopic (exact) mass is 452 g/mol. The van der Waals surface area contributed by atoms with E-state index in [0.717, 1.165) is 51.1 Å². The maximum Gasteiger partial charge on any atom is 0.225 e. The first kappa shape index (κ1) is 23.4. The van der Waals surface area contributed by atoms with Crippen molar-refractivity contribution < 1.29 is 42.3 Å². The molecule has 6 heteroatoms. The SMILES string of the molecule is CCC(=O)C1CCC(C(=O)N2CCC(CCN3CCN(C)CC3)CC2)C1.[Y]. The third kappa shape index (κ3) is 6.59. The van der Waals surface area contributed by atoms with Crippen LogP contribution in [0.25, 0.3) is 0 Å². The standard InChI is InChI=1S/C21H37N3O2.Y/c1-3-20(25)18-4-5-19(16-18)21(26)24-10-7-17(8-11-24)6-9-23-14-12-22(2)13-15-23;/h17-19H,3-16H2,1-2H3;. The van der Waals surface area contributed by atoms with Crippen LogP contribution in [0.5, 0.6) is 0 Å². The Hall–Kier alpha value is 0.164. The van der Waals surface area contributed by atoms with Gasteiger partial charge in [0, 0.05) is 90.2 Å². The van der Waals surface area contributed by atoms with Crippen LogP contribution in [-0.2, 0) is 42.3 Å². The van der Waals surface area contributed by atoms with Crippen molar-refractivity contribution in [3.8, 4) is 0 Å². The molecule has 0 aromatic carbocycles. The minimum absolute atomic E-state index is 0. The number of piperidine rings is 1. The van der Waals surface area contributed by atoms with Gasteiger partial charge in [-0.3, -0.25) is 9.59 Å². The molecule has 3 aliphatic rings. The normalized spacial score (nSPS) is 28.1. The summed E-state index contributed by atoms with van der Waals surface area (Å²) in [6.07, 6.45) is 6.84. The molecule has 2 unspecified atom stereocenters. The number of carbonyl (C=O) groups is 2. The van der Waals surface area contributed by atoms with Gasteiger partial charge >= 0.3 is 0 Å². The first-order valence-corrected chi connectivity index (χ1v) is 10.8. The summed E-state index contributed by atoms with van der Waals surface area (Å²) in [6, 6.07) is 0. The largest absolute Gasteiger partial charge is 0.342 e. The zero-order valence-electron chi connectivity index (χ0n) is 17.4. The van der Waals surface area contributed by atoms with Crippen LogP contribution >= 0.6 is 0 Å². The molecule has 0 bridgehead atoms. The van der Waals surface area contributed by atoms with Crippen molar-refractivity contribution in [3.05, 3.63) is 0 Å². The fourth-order valence-corrected chi connectivity index (χ4v) is 4.92. The van der Waals surface area contributed by atoms with E-state index in [1.807, 2.05) is 6.92 Å². The minimum atomic E-state index is 0. The summed E-state index contributed by atoms with van der Waals surface area (Å²) < 4.78 is 0. The molecule has 3 fully saturated rings. The van der Waals surface area contributed by atoms with Crippen molar-refractivity contribution in [3.63, 3.8) is 0 Å². The zero-order valence-corrected chi connectivity index (χ0v) is 20.2. The van der Waals surface area contributed by atoms with E-state index in [0.29, 0.717) is 18.1 Å². The van der Waals surface area contributed by atoms with Crippen molar-refractivity contribution in [2.45, 2.75) is 51.9 Å². The number of likely N-dealkylation sites (N-methyl/N-ethyl adjacent to an activating group) is 1. The predicted octanol–water partition coefficient (Wildman–Crippen LogP) is 2.26. The van der Waals surface area contributed by atoms with Gasteiger partial charge in [0.05, 0.1) is 0 Å². The zero-order chi connectivity index (χ0) is 18.5. The molecule has 0 N–H and O–H groups in total. The number of nitrogens with zero attached hydrogens (tertiary/aromatic N) is 3. The Balaban J connectivity index is 0.00000261. The smallest absolute Gasteiger partial charge is 0.225 e. The van der Waals surface area contributed by atoms with Gasteiger partial charge in [0.25, 0.3) is 0 Å². The molecule has 2 saturated heterocycles. The van der Waals surface area contributed by atoms with Gasteiger partial charge in [0.1, 0.15) is 5.78 Å². The number of hydrogen-bond donors (Lipinski definition) is 0. The molecule has 1 saturated carbocycles. The number of hydrogen-bond acceptors (Lipinski definition) is 4. The summed E-state index contributed by atoms with van der Waals surface area (Å²) in [4.78, 5) is 31.8. The molecule has 0 spiro atoms. The second kappa shape index (κ2) is 11.4. The molecule has 2 atom stereocenters. The summed E-state index contributed by atoms with van der Waals surface area (Å²) in [7, 11) is 2.20. The third-order valence-corrected chi connectivity index (χ3v) is 6.96. The molecule has 3 rings (SSSR count). The maximum absolute atomic E-state index is 12.8. The fourth-order valence-electron chi connectivity index (χ4n) is 4.92. The molecule has 151 valence electrons. The van der Waals surface area contributed by atoms with Crippen LogP contribution in [0.2, 0.25) is 0 Å². The van der Waals surface area contributed by atoms with Gasteiger partial charge in [0.2, 0.25) is 5.91 Å². The molecule has 1 radical (unpaired) electrons. The second-order valence-corrected chi connectivity index (χ2v) is 8.73. The first-order valence-electron chi connectivity index (χ1n) is 10.8. The van der Waals surface area contributed by atoms with Gasteiger partial charge in [-0.05, 0) is 58.0 Å². The van der Waals surface area contributed by atoms with Crippen molar-refractivity contribution in [2.24, 2.45) is 17.8 Å². The number of likely N-dealkylation sites (tertiary alicyclic amines) is 1. The molecule has 0 aromatic heterocycles.